The van der Waals surface area contributed by atoms with Crippen molar-refractivity contribution in [1.82, 2.24) is 4.31 Å². The second-order valence-corrected chi connectivity index (χ2v) is 8.32. The molecule has 0 aliphatic carbocycles. The predicted molar refractivity (Wildman–Crippen MR) is 106 cm³/mol. The Morgan fingerprint density at radius 1 is 0.931 bits per heavy atom. The van der Waals surface area contributed by atoms with Gasteiger partial charge in [-0.25, -0.2) is 8.42 Å². The zero-order valence-electron chi connectivity index (χ0n) is 15.7. The van der Waals surface area contributed by atoms with Gasteiger partial charge in [-0.1, -0.05) is 18.2 Å². The molecule has 1 aromatic heterocycles. The highest BCUT2D eigenvalue weighted by Gasteiger charge is 2.27. The normalized spacial score (nSPS) is 13.4. The van der Waals surface area contributed by atoms with Gasteiger partial charge in [-0.2, -0.15) is 4.31 Å². The first-order valence-corrected chi connectivity index (χ1v) is 10.7. The number of hydrogen-bond donors (Lipinski definition) is 0. The molecule has 1 aliphatic heterocycles. The Hall–Kier alpha value is -2.97. The van der Waals surface area contributed by atoms with Crippen LogP contribution in [0.1, 0.15) is 5.76 Å². The molecule has 7 nitrogen and oxygen atoms in total. The number of sulfonamides is 1. The maximum atomic E-state index is 13.3. The number of para-hydroxylation sites is 1. The van der Waals surface area contributed by atoms with Gasteiger partial charge in [0.15, 0.2) is 11.5 Å². The molecule has 0 bridgehead atoms. The highest BCUT2D eigenvalue weighted by molar-refractivity contribution is 7.89. The fourth-order valence-electron chi connectivity index (χ4n) is 2.98. The minimum Gasteiger partial charge on any atom is -0.492 e. The first kappa shape index (κ1) is 19.4. The Bertz CT molecular complexity index is 1030. The Kier molecular flexibility index (Phi) is 5.73. The molecule has 8 heteroatoms. The number of fused-ring (bicyclic) bond motifs is 1. The molecule has 0 radical (unpaired) electrons. The van der Waals surface area contributed by atoms with Crippen molar-refractivity contribution in [2.24, 2.45) is 0 Å². The van der Waals surface area contributed by atoms with E-state index in [1.54, 1.807) is 18.2 Å². The summed E-state index contributed by atoms with van der Waals surface area (Å²) in [5.74, 6) is 2.20. The molecule has 3 aromatic rings. The van der Waals surface area contributed by atoms with E-state index in [0.717, 1.165) is 0 Å². The van der Waals surface area contributed by atoms with Crippen LogP contribution in [0.4, 0.5) is 0 Å². The Morgan fingerprint density at radius 2 is 1.72 bits per heavy atom. The zero-order valence-corrected chi connectivity index (χ0v) is 16.5. The van der Waals surface area contributed by atoms with E-state index in [1.165, 1.54) is 22.7 Å². The summed E-state index contributed by atoms with van der Waals surface area (Å²) in [7, 11) is -3.81. The third-order valence-electron chi connectivity index (χ3n) is 4.42. The first-order chi connectivity index (χ1) is 14.1. The molecular weight excluding hydrogens is 394 g/mol. The molecule has 4 rings (SSSR count). The second kappa shape index (κ2) is 8.59. The van der Waals surface area contributed by atoms with Crippen LogP contribution in [0.2, 0.25) is 0 Å². The highest BCUT2D eigenvalue weighted by Crippen LogP contribution is 2.33. The third-order valence-corrected chi connectivity index (χ3v) is 6.26. The number of ether oxygens (including phenoxy) is 3. The van der Waals surface area contributed by atoms with Crippen LogP contribution in [0.5, 0.6) is 17.2 Å². The van der Waals surface area contributed by atoms with Gasteiger partial charge in [-0.05, 0) is 36.4 Å². The van der Waals surface area contributed by atoms with Gasteiger partial charge in [0.1, 0.15) is 31.3 Å². The summed E-state index contributed by atoms with van der Waals surface area (Å²) in [5.41, 5.74) is 0. The predicted octanol–water partition coefficient (Wildman–Crippen LogP) is 3.32. The monoisotopic (exact) mass is 415 g/mol. The maximum absolute atomic E-state index is 13.3. The fourth-order valence-corrected chi connectivity index (χ4v) is 4.38. The van der Waals surface area contributed by atoms with Crippen LogP contribution in [-0.2, 0) is 16.6 Å². The molecule has 29 heavy (non-hydrogen) atoms. The van der Waals surface area contributed by atoms with Gasteiger partial charge < -0.3 is 18.6 Å². The average molecular weight is 415 g/mol. The first-order valence-electron chi connectivity index (χ1n) is 9.23. The fraction of sp³-hybridized carbons (Fsp3) is 0.238. The molecule has 0 atom stereocenters. The molecule has 0 saturated carbocycles. The van der Waals surface area contributed by atoms with Crippen molar-refractivity contribution >= 4 is 10.0 Å². The van der Waals surface area contributed by atoms with Gasteiger partial charge in [-0.15, -0.1) is 0 Å². The SMILES string of the molecule is O=S(=O)(c1ccc2c(c1)OCCO2)N(CCOc1ccccc1)Cc1ccco1. The van der Waals surface area contributed by atoms with Crippen LogP contribution in [-0.4, -0.2) is 39.1 Å². The smallest absolute Gasteiger partial charge is 0.243 e. The molecular formula is C21H21NO6S. The molecule has 2 aromatic carbocycles. The van der Waals surface area contributed by atoms with Crippen molar-refractivity contribution in [3.8, 4) is 17.2 Å². The van der Waals surface area contributed by atoms with Gasteiger partial charge in [0.25, 0.3) is 0 Å². The maximum Gasteiger partial charge on any atom is 0.243 e. The molecule has 0 unspecified atom stereocenters. The van der Waals surface area contributed by atoms with Gasteiger partial charge in [0.2, 0.25) is 10.0 Å². The van der Waals surface area contributed by atoms with Gasteiger partial charge in [0, 0.05) is 12.6 Å². The summed E-state index contributed by atoms with van der Waals surface area (Å²) in [6.45, 7) is 1.29. The van der Waals surface area contributed by atoms with E-state index in [9.17, 15) is 8.42 Å². The van der Waals surface area contributed by atoms with E-state index in [1.807, 2.05) is 30.3 Å². The topological polar surface area (TPSA) is 78.2 Å². The summed E-state index contributed by atoms with van der Waals surface area (Å²) in [6.07, 6.45) is 1.52. The zero-order chi connectivity index (χ0) is 20.1. The van der Waals surface area contributed by atoms with Crippen LogP contribution in [0.3, 0.4) is 0 Å². The molecule has 0 saturated heterocycles. The van der Waals surface area contributed by atoms with Crippen LogP contribution >= 0.6 is 0 Å². The van der Waals surface area contributed by atoms with Crippen molar-refractivity contribution in [3.05, 3.63) is 72.7 Å². The number of rotatable bonds is 8. The Balaban J connectivity index is 1.55. The number of benzene rings is 2. The van der Waals surface area contributed by atoms with E-state index < -0.39 is 10.0 Å². The van der Waals surface area contributed by atoms with Crippen molar-refractivity contribution in [2.45, 2.75) is 11.4 Å². The molecule has 1 aliphatic rings. The minimum absolute atomic E-state index is 0.0991. The Morgan fingerprint density at radius 3 is 2.48 bits per heavy atom. The largest absolute Gasteiger partial charge is 0.492 e. The Labute approximate surface area is 169 Å². The average Bonchev–Trinajstić information content (AvgIpc) is 3.26. The lowest BCUT2D eigenvalue weighted by molar-refractivity contribution is 0.171. The summed E-state index contributed by atoms with van der Waals surface area (Å²) < 4.78 is 50.0. The highest BCUT2D eigenvalue weighted by atomic mass is 32.2. The van der Waals surface area contributed by atoms with Crippen LogP contribution in [0.25, 0.3) is 0 Å². The van der Waals surface area contributed by atoms with Gasteiger partial charge in [-0.3, -0.25) is 0 Å². The van der Waals surface area contributed by atoms with E-state index >= 15 is 0 Å². The molecule has 0 fully saturated rings. The van der Waals surface area contributed by atoms with Gasteiger partial charge >= 0.3 is 0 Å². The van der Waals surface area contributed by atoms with Crippen molar-refractivity contribution < 1.29 is 27.0 Å². The van der Waals surface area contributed by atoms with Crippen LogP contribution in [0.15, 0.2) is 76.2 Å². The van der Waals surface area contributed by atoms with E-state index in [0.29, 0.717) is 36.2 Å². The van der Waals surface area contributed by atoms with E-state index in [-0.39, 0.29) is 24.6 Å². The van der Waals surface area contributed by atoms with Crippen molar-refractivity contribution in [2.75, 3.05) is 26.4 Å². The van der Waals surface area contributed by atoms with Crippen molar-refractivity contribution in [3.63, 3.8) is 0 Å². The number of furan rings is 1. The van der Waals surface area contributed by atoms with Crippen molar-refractivity contribution in [1.29, 1.82) is 0 Å². The lowest BCUT2D eigenvalue weighted by atomic mass is 10.3. The summed E-state index contributed by atoms with van der Waals surface area (Å²) >= 11 is 0. The summed E-state index contributed by atoms with van der Waals surface area (Å²) in [4.78, 5) is 0.132. The molecule has 0 N–H and O–H groups in total. The third kappa shape index (κ3) is 4.55. The quantitative estimate of drug-likeness (QED) is 0.562. The summed E-state index contributed by atoms with van der Waals surface area (Å²) in [5, 5.41) is 0. The summed E-state index contributed by atoms with van der Waals surface area (Å²) in [6, 6.07) is 17.4. The van der Waals surface area contributed by atoms with Gasteiger partial charge in [0.05, 0.1) is 17.7 Å². The molecule has 0 spiro atoms. The molecule has 2 heterocycles. The lowest BCUT2D eigenvalue weighted by Crippen LogP contribution is -2.34. The van der Waals surface area contributed by atoms with E-state index in [2.05, 4.69) is 0 Å². The van der Waals surface area contributed by atoms with Crippen LogP contribution < -0.4 is 14.2 Å². The minimum atomic E-state index is -3.81. The lowest BCUT2D eigenvalue weighted by Gasteiger charge is -2.23. The second-order valence-electron chi connectivity index (χ2n) is 6.38. The van der Waals surface area contributed by atoms with E-state index in [4.69, 9.17) is 18.6 Å². The molecule has 0 amide bonds. The van der Waals surface area contributed by atoms with Crippen LogP contribution in [0, 0.1) is 0 Å². The number of nitrogens with zero attached hydrogens (tertiary/aromatic N) is 1. The standard InChI is InChI=1S/C21H21NO6S/c23-29(24,19-8-9-20-21(15-19)28-14-13-27-20)22(16-18-7-4-11-25-18)10-12-26-17-5-2-1-3-6-17/h1-9,11,15H,10,12-14,16H2. The molecule has 152 valence electrons. The number of hydrogen-bond acceptors (Lipinski definition) is 6.